The number of rotatable bonds is 12. The molecule has 0 saturated heterocycles. The number of anilines is 1. The van der Waals surface area contributed by atoms with Gasteiger partial charge < -0.3 is 10.2 Å². The van der Waals surface area contributed by atoms with Crippen molar-refractivity contribution in [2.75, 3.05) is 24.9 Å². The van der Waals surface area contributed by atoms with Crippen LogP contribution in [0.25, 0.3) is 0 Å². The van der Waals surface area contributed by atoms with E-state index in [0.717, 1.165) is 38.3 Å². The van der Waals surface area contributed by atoms with Crippen LogP contribution in [0.3, 0.4) is 0 Å². The third-order valence-corrected chi connectivity index (χ3v) is 7.81. The first-order valence-corrected chi connectivity index (χ1v) is 13.4. The smallest absolute Gasteiger partial charge is 0.304 e. The van der Waals surface area contributed by atoms with Gasteiger partial charge in [-0.1, -0.05) is 43.7 Å². The number of nitrogens with one attached hydrogen (secondary N) is 1. The molecule has 2 rings (SSSR count). The molecule has 0 aliphatic heterocycles. The Morgan fingerprint density at radius 3 is 2.06 bits per heavy atom. The molecule has 0 bridgehead atoms. The maximum atomic E-state index is 13.7. The van der Waals surface area contributed by atoms with Crippen LogP contribution in [-0.2, 0) is 26.3 Å². The minimum atomic E-state index is -4.09. The molecule has 2 atom stereocenters. The van der Waals surface area contributed by atoms with Gasteiger partial charge in [0, 0.05) is 26.7 Å². The summed E-state index contributed by atoms with van der Waals surface area (Å²) in [6.07, 6.45) is 1.07. The largest absolute Gasteiger partial charge is 0.352 e. The Labute approximate surface area is 214 Å². The van der Waals surface area contributed by atoms with Gasteiger partial charge in [0.25, 0.3) is 0 Å². The molecule has 2 amide bonds. The van der Waals surface area contributed by atoms with Crippen LogP contribution in [0.15, 0.2) is 48.5 Å². The van der Waals surface area contributed by atoms with Gasteiger partial charge in [0.15, 0.2) is 0 Å². The van der Waals surface area contributed by atoms with Crippen LogP contribution in [0, 0.1) is 12.7 Å². The number of carbonyl (C=O) groups excluding carboxylic acids is 2. The van der Waals surface area contributed by atoms with Gasteiger partial charge in [-0.15, -0.1) is 0 Å². The van der Waals surface area contributed by atoms with Gasteiger partial charge in [-0.2, -0.15) is 12.7 Å². The van der Waals surface area contributed by atoms with Gasteiger partial charge in [0.05, 0.1) is 5.69 Å². The van der Waals surface area contributed by atoms with Crippen molar-refractivity contribution < 1.29 is 22.4 Å². The highest BCUT2D eigenvalue weighted by molar-refractivity contribution is 7.90. The van der Waals surface area contributed by atoms with E-state index < -0.39 is 34.5 Å². The third-order valence-electron chi connectivity index (χ3n) is 5.99. The predicted octanol–water partition coefficient (Wildman–Crippen LogP) is 3.47. The van der Waals surface area contributed by atoms with E-state index in [9.17, 15) is 22.4 Å². The van der Waals surface area contributed by atoms with E-state index in [4.69, 9.17) is 0 Å². The minimum absolute atomic E-state index is 0.0762. The lowest BCUT2D eigenvalue weighted by Gasteiger charge is -2.34. The van der Waals surface area contributed by atoms with Crippen LogP contribution in [0.2, 0.25) is 0 Å². The van der Waals surface area contributed by atoms with Crippen LogP contribution in [0.1, 0.15) is 44.7 Å². The quantitative estimate of drug-likeness (QED) is 0.464. The number of hydrogen-bond donors (Lipinski definition) is 1. The molecular weight excluding hydrogens is 483 g/mol. The van der Waals surface area contributed by atoms with E-state index in [0.29, 0.717) is 6.42 Å². The Hall–Kier alpha value is -2.98. The Balaban J connectivity index is 2.48. The normalized spacial score (nSPS) is 13.2. The lowest BCUT2D eigenvalue weighted by atomic mass is 10.1. The second-order valence-corrected chi connectivity index (χ2v) is 11.1. The molecule has 198 valence electrons. The molecule has 1 N–H and O–H groups in total. The van der Waals surface area contributed by atoms with Crippen molar-refractivity contribution in [3.8, 4) is 0 Å². The Bertz CT molecular complexity index is 1120. The SMILES string of the molecule is CC[C@@H](C)NC(=O)[C@H](CC)N(Cc1ccc(C)cc1)C(=O)CN(c1ccc(F)cc1)S(=O)(=O)N(C)C. The fourth-order valence-corrected chi connectivity index (χ4v) is 4.63. The zero-order valence-electron chi connectivity index (χ0n) is 21.9. The first-order valence-electron chi connectivity index (χ1n) is 12.0. The molecule has 0 aliphatic rings. The van der Waals surface area contributed by atoms with Crippen LogP contribution in [0.4, 0.5) is 10.1 Å². The molecule has 0 saturated carbocycles. The Morgan fingerprint density at radius 1 is 0.972 bits per heavy atom. The number of carbonyl (C=O) groups is 2. The predicted molar refractivity (Wildman–Crippen MR) is 140 cm³/mol. The van der Waals surface area contributed by atoms with Crippen molar-refractivity contribution in [2.45, 2.75) is 59.2 Å². The summed E-state index contributed by atoms with van der Waals surface area (Å²) in [6, 6.07) is 11.6. The zero-order valence-corrected chi connectivity index (χ0v) is 22.7. The van der Waals surface area contributed by atoms with E-state index in [2.05, 4.69) is 5.32 Å². The highest BCUT2D eigenvalue weighted by Gasteiger charge is 2.34. The van der Waals surface area contributed by atoms with E-state index >= 15 is 0 Å². The highest BCUT2D eigenvalue weighted by Crippen LogP contribution is 2.22. The highest BCUT2D eigenvalue weighted by atomic mass is 32.2. The number of amides is 2. The lowest BCUT2D eigenvalue weighted by molar-refractivity contribution is -0.140. The summed E-state index contributed by atoms with van der Waals surface area (Å²) in [5.41, 5.74) is 2.01. The van der Waals surface area contributed by atoms with Crippen molar-refractivity contribution in [2.24, 2.45) is 0 Å². The second kappa shape index (κ2) is 12.8. The van der Waals surface area contributed by atoms with E-state index in [1.807, 2.05) is 52.0 Å². The zero-order chi connectivity index (χ0) is 27.0. The molecule has 0 aliphatic carbocycles. The summed E-state index contributed by atoms with van der Waals surface area (Å²) in [5.74, 6) is -1.37. The molecule has 0 spiro atoms. The third kappa shape index (κ3) is 7.51. The van der Waals surface area contributed by atoms with Crippen molar-refractivity contribution in [3.63, 3.8) is 0 Å². The Morgan fingerprint density at radius 2 is 1.56 bits per heavy atom. The fraction of sp³-hybridized carbons (Fsp3) is 0.462. The molecule has 0 aromatic heterocycles. The van der Waals surface area contributed by atoms with Gasteiger partial charge in [0.1, 0.15) is 18.4 Å². The summed E-state index contributed by atoms with van der Waals surface area (Å²) < 4.78 is 41.7. The van der Waals surface area contributed by atoms with Crippen molar-refractivity contribution >= 4 is 27.7 Å². The van der Waals surface area contributed by atoms with E-state index in [1.165, 1.54) is 31.1 Å². The topological polar surface area (TPSA) is 90.0 Å². The lowest BCUT2D eigenvalue weighted by Crippen LogP contribution is -2.54. The minimum Gasteiger partial charge on any atom is -0.352 e. The first-order chi connectivity index (χ1) is 16.9. The molecule has 0 unspecified atom stereocenters. The van der Waals surface area contributed by atoms with Gasteiger partial charge in [-0.25, -0.2) is 8.70 Å². The molecule has 0 radical (unpaired) electrons. The van der Waals surface area contributed by atoms with Gasteiger partial charge in [-0.3, -0.25) is 9.59 Å². The molecule has 36 heavy (non-hydrogen) atoms. The first kappa shape index (κ1) is 29.3. The van der Waals surface area contributed by atoms with Crippen molar-refractivity contribution in [1.29, 1.82) is 0 Å². The Kier molecular flexibility index (Phi) is 10.4. The fourth-order valence-electron chi connectivity index (χ4n) is 3.58. The van der Waals surface area contributed by atoms with Gasteiger partial charge >= 0.3 is 10.2 Å². The van der Waals surface area contributed by atoms with Gasteiger partial charge in [0.2, 0.25) is 11.8 Å². The maximum Gasteiger partial charge on any atom is 0.304 e. The van der Waals surface area contributed by atoms with E-state index in [-0.39, 0.29) is 24.2 Å². The van der Waals surface area contributed by atoms with Gasteiger partial charge in [-0.05, 0) is 56.5 Å². The molecule has 2 aromatic rings. The van der Waals surface area contributed by atoms with Crippen LogP contribution in [-0.4, -0.2) is 62.2 Å². The van der Waals surface area contributed by atoms with Crippen molar-refractivity contribution in [3.05, 3.63) is 65.5 Å². The number of nitrogens with zero attached hydrogens (tertiary/aromatic N) is 3. The molecular formula is C26H37FN4O4S. The summed E-state index contributed by atoms with van der Waals surface area (Å²) in [4.78, 5) is 28.3. The second-order valence-electron chi connectivity index (χ2n) is 9.02. The van der Waals surface area contributed by atoms with E-state index in [1.54, 1.807) is 0 Å². The van der Waals surface area contributed by atoms with Crippen LogP contribution >= 0.6 is 0 Å². The maximum absolute atomic E-state index is 13.7. The summed E-state index contributed by atoms with van der Waals surface area (Å²) in [6.45, 7) is 7.18. The molecule has 10 heteroatoms. The summed E-state index contributed by atoms with van der Waals surface area (Å²) >= 11 is 0. The number of benzene rings is 2. The van der Waals surface area contributed by atoms with Crippen molar-refractivity contribution in [1.82, 2.24) is 14.5 Å². The average molecular weight is 521 g/mol. The number of hydrogen-bond acceptors (Lipinski definition) is 4. The monoisotopic (exact) mass is 520 g/mol. The molecule has 2 aromatic carbocycles. The standard InChI is InChI=1S/C26H37FN4O4S/c1-7-20(4)28-26(33)24(8-2)30(17-21-11-9-19(3)10-12-21)25(32)18-31(36(34,35)29(5)6)23-15-13-22(27)14-16-23/h9-16,20,24H,7-8,17-18H2,1-6H3,(H,28,33)/t20-,24+/m1/s1. The molecule has 0 fully saturated rings. The summed E-state index contributed by atoms with van der Waals surface area (Å²) in [5, 5.41) is 2.94. The summed E-state index contributed by atoms with van der Waals surface area (Å²) in [7, 11) is -1.38. The molecule has 0 heterocycles. The average Bonchev–Trinajstić information content (AvgIpc) is 2.83. The number of halogens is 1. The van der Waals surface area contributed by atoms with Crippen LogP contribution < -0.4 is 9.62 Å². The molecule has 8 nitrogen and oxygen atoms in total. The van der Waals surface area contributed by atoms with Crippen LogP contribution in [0.5, 0.6) is 0 Å². The number of aryl methyl sites for hydroxylation is 1.